The summed E-state index contributed by atoms with van der Waals surface area (Å²) in [6, 6.07) is 27.6. The van der Waals surface area contributed by atoms with Crippen LogP contribution in [0.25, 0.3) is 39.5 Å². The molecule has 8 heteroatoms. The Morgan fingerprint density at radius 3 is 2.41 bits per heavy atom. The summed E-state index contributed by atoms with van der Waals surface area (Å²) in [5.74, 6) is 1.19. The molecule has 44 heavy (non-hydrogen) atoms. The first-order valence-corrected chi connectivity index (χ1v) is 16.5. The van der Waals surface area contributed by atoms with Crippen molar-refractivity contribution in [3.63, 3.8) is 0 Å². The number of aromatic nitrogens is 4. The van der Waals surface area contributed by atoms with Gasteiger partial charge in [-0.3, -0.25) is 14.2 Å². The highest BCUT2D eigenvalue weighted by Crippen LogP contribution is 2.44. The molecule has 0 atom stereocenters. The zero-order valence-corrected chi connectivity index (χ0v) is 26.4. The van der Waals surface area contributed by atoms with E-state index in [0.29, 0.717) is 17.3 Å². The number of fused-ring (bicyclic) bond motifs is 1. The smallest absolute Gasteiger partial charge is 0.165 e. The molecular weight excluding hydrogens is 563 g/mol. The third-order valence-corrected chi connectivity index (χ3v) is 9.37. The molecule has 1 aliphatic carbocycles. The van der Waals surface area contributed by atoms with Crippen LogP contribution in [0, 0.1) is 5.41 Å². The Labute approximate surface area is 264 Å². The number of pyridine rings is 2. The van der Waals surface area contributed by atoms with E-state index >= 15 is 0 Å². The van der Waals surface area contributed by atoms with Gasteiger partial charge in [-0.05, 0) is 78.5 Å². The van der Waals surface area contributed by atoms with E-state index in [2.05, 4.69) is 62.2 Å². The van der Waals surface area contributed by atoms with E-state index in [-0.39, 0.29) is 0 Å². The van der Waals surface area contributed by atoms with E-state index in [9.17, 15) is 0 Å². The summed E-state index contributed by atoms with van der Waals surface area (Å²) in [5.41, 5.74) is 13.5. The maximum absolute atomic E-state index is 6.33. The maximum atomic E-state index is 6.33. The molecule has 7 nitrogen and oxygen atoms in total. The number of anilines is 1. The van der Waals surface area contributed by atoms with Crippen LogP contribution in [0.1, 0.15) is 45.1 Å². The minimum Gasteiger partial charge on any atom is -0.383 e. The van der Waals surface area contributed by atoms with Crippen molar-refractivity contribution in [2.24, 2.45) is 5.41 Å². The second-order valence-electron chi connectivity index (χ2n) is 11.6. The van der Waals surface area contributed by atoms with E-state index in [0.717, 1.165) is 46.0 Å². The number of nitrogen functional groups attached to an aromatic ring is 1. The van der Waals surface area contributed by atoms with Crippen LogP contribution >= 0.6 is 11.9 Å². The molecule has 3 aromatic heterocycles. The lowest BCUT2D eigenvalue weighted by molar-refractivity contribution is -0.0371. The van der Waals surface area contributed by atoms with Crippen LogP contribution in [0.15, 0.2) is 97.0 Å². The van der Waals surface area contributed by atoms with E-state index in [1.54, 1.807) is 18.1 Å². The average molecular weight is 604 g/mol. The number of rotatable bonds is 8. The molecule has 1 aliphatic heterocycles. The van der Waals surface area contributed by atoms with Gasteiger partial charge in [0.15, 0.2) is 11.5 Å². The summed E-state index contributed by atoms with van der Waals surface area (Å²) < 4.78 is 5.63. The first-order chi connectivity index (χ1) is 21.6. The van der Waals surface area contributed by atoms with Gasteiger partial charge in [0, 0.05) is 43.1 Å². The van der Waals surface area contributed by atoms with Crippen molar-refractivity contribution in [3.8, 4) is 28.3 Å². The monoisotopic (exact) mass is 603 g/mol. The summed E-state index contributed by atoms with van der Waals surface area (Å²) in [4.78, 5) is 17.0. The molecule has 1 saturated heterocycles. The van der Waals surface area contributed by atoms with Crippen LogP contribution in [0.2, 0.25) is 0 Å². The molecule has 1 saturated carbocycles. The summed E-state index contributed by atoms with van der Waals surface area (Å²) in [7, 11) is 0. The number of nitrogens with zero attached hydrogens (tertiary/aromatic N) is 5. The first-order valence-electron chi connectivity index (χ1n) is 15.6. The molecule has 2 aliphatic rings. The van der Waals surface area contributed by atoms with Crippen molar-refractivity contribution < 1.29 is 0 Å². The van der Waals surface area contributed by atoms with E-state index in [1.807, 2.05) is 61.7 Å². The van der Waals surface area contributed by atoms with Gasteiger partial charge in [0.05, 0.1) is 11.3 Å². The quantitative estimate of drug-likeness (QED) is 0.175. The number of imidazole rings is 1. The van der Waals surface area contributed by atoms with Gasteiger partial charge in [-0.15, -0.1) is 0 Å². The molecule has 7 rings (SSSR count). The average Bonchev–Trinajstić information content (AvgIpc) is 3.44. The van der Waals surface area contributed by atoms with Crippen LogP contribution < -0.4 is 10.5 Å². The fourth-order valence-corrected chi connectivity index (χ4v) is 7.11. The second-order valence-corrected chi connectivity index (χ2v) is 12.4. The normalized spacial score (nSPS) is 16.3. The van der Waals surface area contributed by atoms with Crippen LogP contribution in [0.5, 0.6) is 0 Å². The molecule has 0 unspecified atom stereocenters. The summed E-state index contributed by atoms with van der Waals surface area (Å²) in [6.07, 6.45) is 6.84. The predicted molar refractivity (Wildman–Crippen MR) is 184 cm³/mol. The predicted octanol–water partition coefficient (Wildman–Crippen LogP) is 7.88. The zero-order valence-electron chi connectivity index (χ0n) is 25.6. The molecule has 2 fully saturated rings. The molecule has 3 N–H and O–H groups in total. The fraction of sp³-hybridized carbons (Fsp3) is 0.306. The minimum atomic E-state index is 0.449. The SMILES string of the molecule is C=CSNC1CCC2(CC1)CN(Cc1ccc(-n3c(-c4cccnc4N)nc4ccc(-c5ccccc5)nc43)cc1)C2.CC. The third kappa shape index (κ3) is 6.15. The molecule has 0 bridgehead atoms. The number of nitrogens with one attached hydrogen (secondary N) is 1. The van der Waals surface area contributed by atoms with Crippen LogP contribution in [0.4, 0.5) is 5.82 Å². The fourth-order valence-electron chi connectivity index (χ4n) is 6.59. The topological polar surface area (TPSA) is 84.9 Å². The van der Waals surface area contributed by atoms with E-state index < -0.39 is 0 Å². The molecule has 4 heterocycles. The van der Waals surface area contributed by atoms with Crippen molar-refractivity contribution in [2.45, 2.75) is 52.1 Å². The van der Waals surface area contributed by atoms with Crippen LogP contribution in [0.3, 0.4) is 0 Å². The Balaban J connectivity index is 0.00000168. The van der Waals surface area contributed by atoms with Gasteiger partial charge in [0.2, 0.25) is 0 Å². The molecule has 226 valence electrons. The highest BCUT2D eigenvalue weighted by Gasteiger charge is 2.44. The Hall–Kier alpha value is -3.98. The number of hydrogen-bond acceptors (Lipinski definition) is 7. The van der Waals surface area contributed by atoms with Gasteiger partial charge >= 0.3 is 0 Å². The highest BCUT2D eigenvalue weighted by molar-refractivity contribution is 8.00. The molecule has 0 radical (unpaired) electrons. The van der Waals surface area contributed by atoms with E-state index in [4.69, 9.17) is 15.7 Å². The number of likely N-dealkylation sites (tertiary alicyclic amines) is 1. The number of hydrogen-bond donors (Lipinski definition) is 2. The van der Waals surface area contributed by atoms with Crippen molar-refractivity contribution in [1.29, 1.82) is 0 Å². The lowest BCUT2D eigenvalue weighted by atomic mass is 9.67. The van der Waals surface area contributed by atoms with Gasteiger partial charge in [0.25, 0.3) is 0 Å². The zero-order chi connectivity index (χ0) is 30.5. The van der Waals surface area contributed by atoms with E-state index in [1.165, 1.54) is 44.3 Å². The van der Waals surface area contributed by atoms with Gasteiger partial charge in [-0.2, -0.15) is 0 Å². The van der Waals surface area contributed by atoms with Gasteiger partial charge in [-0.25, -0.2) is 15.0 Å². The Morgan fingerprint density at radius 1 is 0.955 bits per heavy atom. The third-order valence-electron chi connectivity index (χ3n) is 8.74. The summed E-state index contributed by atoms with van der Waals surface area (Å²) in [5, 5.41) is 1.88. The van der Waals surface area contributed by atoms with Gasteiger partial charge in [0.1, 0.15) is 11.3 Å². The van der Waals surface area contributed by atoms with Crippen molar-refractivity contribution >= 4 is 28.9 Å². The van der Waals surface area contributed by atoms with Gasteiger partial charge in [-0.1, -0.05) is 74.8 Å². The molecule has 5 aromatic rings. The highest BCUT2D eigenvalue weighted by atomic mass is 32.2. The van der Waals surface area contributed by atoms with Crippen LogP contribution in [-0.4, -0.2) is 43.6 Å². The van der Waals surface area contributed by atoms with Crippen LogP contribution in [-0.2, 0) is 6.54 Å². The van der Waals surface area contributed by atoms with Gasteiger partial charge < -0.3 is 5.73 Å². The maximum Gasteiger partial charge on any atom is 0.165 e. The van der Waals surface area contributed by atoms with Crippen molar-refractivity contribution in [2.75, 3.05) is 18.8 Å². The number of nitrogens with two attached hydrogens (primary N) is 1. The molecular formula is C36H41N7S. The second kappa shape index (κ2) is 13.3. The summed E-state index contributed by atoms with van der Waals surface area (Å²) in [6.45, 7) is 11.2. The largest absolute Gasteiger partial charge is 0.383 e. The molecule has 1 spiro atoms. The Kier molecular flexibility index (Phi) is 9.12. The minimum absolute atomic E-state index is 0.449. The lowest BCUT2D eigenvalue weighted by Gasteiger charge is -2.53. The van der Waals surface area contributed by atoms with Crippen molar-refractivity contribution in [1.82, 2.24) is 29.1 Å². The summed E-state index contributed by atoms with van der Waals surface area (Å²) >= 11 is 1.63. The standard InChI is InChI=1S/C34H35N7S.C2H6/c1-2-42-39-26-16-18-34(19-17-26)22-40(23-34)21-24-10-12-27(13-11-24)41-32(28-9-6-20-36-31(28)35)38-30-15-14-29(37-33(30)41)25-7-4-3-5-8-25;1-2/h2-15,20,26,39H,1,16-19,21-23H2,(H2,35,36);1-2H3. The molecule has 2 aromatic carbocycles. The Morgan fingerprint density at radius 2 is 1.70 bits per heavy atom. The molecule has 0 amide bonds. The first kappa shape index (κ1) is 30.1. The number of benzene rings is 2. The lowest BCUT2D eigenvalue weighted by Crippen LogP contribution is -2.57. The van der Waals surface area contributed by atoms with Crippen molar-refractivity contribution in [3.05, 3.63) is 103 Å². The Bertz CT molecular complexity index is 1700.